The lowest BCUT2D eigenvalue weighted by atomic mass is 10.4. The summed E-state index contributed by atoms with van der Waals surface area (Å²) in [5.41, 5.74) is 2.79. The Hall–Kier alpha value is -2.19. The molecule has 0 fully saturated rings. The summed E-state index contributed by atoms with van der Waals surface area (Å²) in [7, 11) is -2.21. The minimum absolute atomic E-state index is 0.0989. The molecule has 19 heavy (non-hydrogen) atoms. The van der Waals surface area contributed by atoms with Crippen molar-refractivity contribution in [2.45, 2.75) is 4.90 Å². The Morgan fingerprint density at radius 1 is 1.32 bits per heavy atom. The molecule has 7 nitrogen and oxygen atoms in total. The Morgan fingerprint density at radius 2 is 2.11 bits per heavy atom. The van der Waals surface area contributed by atoms with Crippen LogP contribution in [-0.2, 0) is 10.0 Å². The first-order valence-electron chi connectivity index (χ1n) is 5.37. The van der Waals surface area contributed by atoms with E-state index < -0.39 is 10.0 Å². The molecule has 0 amide bonds. The zero-order valence-corrected chi connectivity index (χ0v) is 11.0. The maximum absolute atomic E-state index is 12.4. The van der Waals surface area contributed by atoms with E-state index in [1.165, 1.54) is 31.6 Å². The number of nitrogens with one attached hydrogen (secondary N) is 1. The van der Waals surface area contributed by atoms with E-state index in [9.17, 15) is 8.42 Å². The lowest BCUT2D eigenvalue weighted by molar-refractivity contribution is 0.594. The van der Waals surface area contributed by atoms with Gasteiger partial charge in [0, 0.05) is 25.5 Å². The Morgan fingerprint density at radius 3 is 2.74 bits per heavy atom. The van der Waals surface area contributed by atoms with Crippen LogP contribution >= 0.6 is 0 Å². The number of anilines is 2. The highest BCUT2D eigenvalue weighted by atomic mass is 32.2. The van der Waals surface area contributed by atoms with Gasteiger partial charge in [-0.2, -0.15) is 0 Å². The topological polar surface area (TPSA) is 101 Å². The summed E-state index contributed by atoms with van der Waals surface area (Å²) in [6.07, 6.45) is 4.42. The van der Waals surface area contributed by atoms with Crippen molar-refractivity contribution in [1.82, 2.24) is 9.97 Å². The number of hydrogen-bond acceptors (Lipinski definition) is 6. The number of hydrogen-bond donors (Lipinski definition) is 2. The second kappa shape index (κ2) is 5.21. The summed E-state index contributed by atoms with van der Waals surface area (Å²) in [4.78, 5) is 7.87. The van der Waals surface area contributed by atoms with Crippen LogP contribution in [0.1, 0.15) is 0 Å². The third-order valence-corrected chi connectivity index (χ3v) is 4.33. The van der Waals surface area contributed by atoms with Gasteiger partial charge < -0.3 is 5.43 Å². The first-order valence-corrected chi connectivity index (χ1v) is 6.81. The van der Waals surface area contributed by atoms with Crippen molar-refractivity contribution in [2.24, 2.45) is 5.84 Å². The SMILES string of the molecule is CN(c1cccnc1)S(=O)(=O)c1ccnc(NN)c1. The van der Waals surface area contributed by atoms with E-state index in [0.29, 0.717) is 5.69 Å². The van der Waals surface area contributed by atoms with Crippen molar-refractivity contribution in [2.75, 3.05) is 16.8 Å². The van der Waals surface area contributed by atoms with Crippen LogP contribution in [0.25, 0.3) is 0 Å². The molecule has 100 valence electrons. The summed E-state index contributed by atoms with van der Waals surface area (Å²) in [5, 5.41) is 0. The number of pyridine rings is 2. The summed E-state index contributed by atoms with van der Waals surface area (Å²) < 4.78 is 26.0. The molecule has 2 rings (SSSR count). The van der Waals surface area contributed by atoms with Crippen LogP contribution in [0.3, 0.4) is 0 Å². The van der Waals surface area contributed by atoms with E-state index in [1.54, 1.807) is 18.3 Å². The number of nitrogen functional groups attached to an aromatic ring is 1. The molecule has 8 heteroatoms. The minimum Gasteiger partial charge on any atom is -0.308 e. The van der Waals surface area contributed by atoms with Gasteiger partial charge in [0.2, 0.25) is 0 Å². The fraction of sp³-hybridized carbons (Fsp3) is 0.0909. The molecule has 0 saturated carbocycles. The van der Waals surface area contributed by atoms with Crippen LogP contribution in [0, 0.1) is 0 Å². The average molecular weight is 279 g/mol. The summed E-state index contributed by atoms with van der Waals surface area (Å²) >= 11 is 0. The van der Waals surface area contributed by atoms with Gasteiger partial charge in [-0.25, -0.2) is 19.2 Å². The third kappa shape index (κ3) is 2.64. The Kier molecular flexibility index (Phi) is 3.63. The van der Waals surface area contributed by atoms with E-state index in [-0.39, 0.29) is 10.7 Å². The van der Waals surface area contributed by atoms with Gasteiger partial charge in [0.15, 0.2) is 0 Å². The zero-order valence-electron chi connectivity index (χ0n) is 10.2. The van der Waals surface area contributed by atoms with Gasteiger partial charge >= 0.3 is 0 Å². The molecule has 0 atom stereocenters. The predicted octanol–water partition coefficient (Wildman–Crippen LogP) is 0.587. The van der Waals surface area contributed by atoms with Gasteiger partial charge in [-0.15, -0.1) is 0 Å². The molecule has 2 heterocycles. The smallest absolute Gasteiger partial charge is 0.264 e. The second-order valence-electron chi connectivity index (χ2n) is 3.70. The Balaban J connectivity index is 2.42. The molecule has 0 radical (unpaired) electrons. The van der Waals surface area contributed by atoms with Crippen molar-refractivity contribution < 1.29 is 8.42 Å². The van der Waals surface area contributed by atoms with Crippen LogP contribution in [-0.4, -0.2) is 25.4 Å². The number of rotatable bonds is 4. The second-order valence-corrected chi connectivity index (χ2v) is 5.67. The van der Waals surface area contributed by atoms with E-state index >= 15 is 0 Å². The highest BCUT2D eigenvalue weighted by Crippen LogP contribution is 2.21. The largest absolute Gasteiger partial charge is 0.308 e. The predicted molar refractivity (Wildman–Crippen MR) is 71.9 cm³/mol. The van der Waals surface area contributed by atoms with E-state index in [0.717, 1.165) is 4.31 Å². The molecule has 0 aliphatic carbocycles. The average Bonchev–Trinajstić information content (AvgIpc) is 2.47. The van der Waals surface area contributed by atoms with Gasteiger partial charge in [0.25, 0.3) is 10.0 Å². The highest BCUT2D eigenvalue weighted by molar-refractivity contribution is 7.92. The van der Waals surface area contributed by atoms with E-state index in [1.807, 2.05) is 0 Å². The van der Waals surface area contributed by atoms with Crippen molar-refractivity contribution >= 4 is 21.5 Å². The number of aromatic nitrogens is 2. The molecule has 0 bridgehead atoms. The third-order valence-electron chi connectivity index (χ3n) is 2.55. The minimum atomic E-state index is -3.67. The molecule has 0 saturated heterocycles. The molecular formula is C11H13N5O2S. The molecule has 0 aliphatic rings. The van der Waals surface area contributed by atoms with Gasteiger partial charge in [-0.1, -0.05) is 0 Å². The number of sulfonamides is 1. The van der Waals surface area contributed by atoms with Crippen LogP contribution in [0.5, 0.6) is 0 Å². The maximum Gasteiger partial charge on any atom is 0.264 e. The van der Waals surface area contributed by atoms with Crippen molar-refractivity contribution in [3.05, 3.63) is 42.9 Å². The number of hydrazine groups is 1. The fourth-order valence-electron chi connectivity index (χ4n) is 1.49. The van der Waals surface area contributed by atoms with Crippen LogP contribution < -0.4 is 15.6 Å². The summed E-state index contributed by atoms with van der Waals surface area (Å²) in [5.74, 6) is 5.50. The molecule has 0 unspecified atom stereocenters. The van der Waals surface area contributed by atoms with Gasteiger partial charge in [0.1, 0.15) is 5.82 Å². The Bertz CT molecular complexity index is 660. The lowest BCUT2D eigenvalue weighted by Crippen LogP contribution is -2.26. The molecule has 0 spiro atoms. The monoisotopic (exact) mass is 279 g/mol. The number of nitrogens with zero attached hydrogens (tertiary/aromatic N) is 3. The molecule has 0 aromatic carbocycles. The van der Waals surface area contributed by atoms with Crippen LogP contribution in [0.4, 0.5) is 11.5 Å². The molecular weight excluding hydrogens is 266 g/mol. The van der Waals surface area contributed by atoms with Crippen molar-refractivity contribution in [3.63, 3.8) is 0 Å². The lowest BCUT2D eigenvalue weighted by Gasteiger charge is -2.19. The molecule has 2 aromatic heterocycles. The summed E-state index contributed by atoms with van der Waals surface area (Å²) in [6.45, 7) is 0. The van der Waals surface area contributed by atoms with Crippen LogP contribution in [0.2, 0.25) is 0 Å². The van der Waals surface area contributed by atoms with E-state index in [4.69, 9.17) is 5.84 Å². The molecule has 2 aromatic rings. The molecule has 3 N–H and O–H groups in total. The van der Waals surface area contributed by atoms with Crippen molar-refractivity contribution in [1.29, 1.82) is 0 Å². The first kappa shape index (κ1) is 13.2. The van der Waals surface area contributed by atoms with Gasteiger partial charge in [-0.05, 0) is 18.2 Å². The van der Waals surface area contributed by atoms with Crippen LogP contribution in [0.15, 0.2) is 47.8 Å². The van der Waals surface area contributed by atoms with Crippen molar-refractivity contribution in [3.8, 4) is 0 Å². The quantitative estimate of drug-likeness (QED) is 0.627. The number of nitrogens with two attached hydrogens (primary N) is 1. The maximum atomic E-state index is 12.4. The van der Waals surface area contributed by atoms with Gasteiger partial charge in [0.05, 0.1) is 16.8 Å². The highest BCUT2D eigenvalue weighted by Gasteiger charge is 2.21. The normalized spacial score (nSPS) is 11.1. The Labute approximate surface area is 111 Å². The molecule has 0 aliphatic heterocycles. The fourth-order valence-corrected chi connectivity index (χ4v) is 2.68. The zero-order chi connectivity index (χ0) is 13.9. The standard InChI is InChI=1S/C11H13N5O2S/c1-16(9-3-2-5-13-8-9)19(17,18)10-4-6-14-11(7-10)15-12/h2-8H,12H2,1H3,(H,14,15). The summed E-state index contributed by atoms with van der Waals surface area (Å²) in [6, 6.07) is 6.10. The van der Waals surface area contributed by atoms with E-state index in [2.05, 4.69) is 15.4 Å². The van der Waals surface area contributed by atoms with Gasteiger partial charge in [-0.3, -0.25) is 9.29 Å². The first-order chi connectivity index (χ1) is 9.05.